The van der Waals surface area contributed by atoms with Crippen LogP contribution in [-0.2, 0) is 0 Å². The van der Waals surface area contributed by atoms with Crippen LogP contribution in [0.1, 0.15) is 17.2 Å². The van der Waals surface area contributed by atoms with Gasteiger partial charge in [-0.05, 0) is 24.4 Å². The molecule has 1 aromatic rings. The molecule has 2 heterocycles. The van der Waals surface area contributed by atoms with Gasteiger partial charge in [0, 0.05) is 17.3 Å². The average Bonchev–Trinajstić information content (AvgIpc) is 2.59. The molecule has 1 unspecified atom stereocenters. The standard InChI is InChI=1S/C8H11NS.ClH/c1-2-8(10-5-1)7-3-4-9-6-7;/h1-2,5,7,9H,3-4,6H2;1H. The number of thiophene rings is 1. The molecule has 0 aromatic carbocycles. The quantitative estimate of drug-likeness (QED) is 0.715. The SMILES string of the molecule is Cl.c1csc(C2CCNC2)c1. The molecule has 0 spiro atoms. The van der Waals surface area contributed by atoms with Crippen molar-refractivity contribution in [2.45, 2.75) is 12.3 Å². The predicted octanol–water partition coefficient (Wildman–Crippen LogP) is 2.25. The van der Waals surface area contributed by atoms with E-state index in [9.17, 15) is 0 Å². The molecule has 0 saturated carbocycles. The number of nitrogens with one attached hydrogen (secondary N) is 1. The van der Waals surface area contributed by atoms with Crippen molar-refractivity contribution in [2.24, 2.45) is 0 Å². The van der Waals surface area contributed by atoms with Gasteiger partial charge in [0.1, 0.15) is 0 Å². The highest BCUT2D eigenvalue weighted by Crippen LogP contribution is 2.25. The van der Waals surface area contributed by atoms with Crippen LogP contribution in [0.4, 0.5) is 0 Å². The smallest absolute Gasteiger partial charge is 0.00893 e. The molecule has 11 heavy (non-hydrogen) atoms. The summed E-state index contributed by atoms with van der Waals surface area (Å²) in [4.78, 5) is 1.55. The van der Waals surface area contributed by atoms with Crippen LogP contribution in [0, 0.1) is 0 Å². The lowest BCUT2D eigenvalue weighted by Gasteiger charge is -2.02. The lowest BCUT2D eigenvalue weighted by atomic mass is 10.1. The Kier molecular flexibility index (Phi) is 3.37. The van der Waals surface area contributed by atoms with Crippen LogP contribution in [0.15, 0.2) is 17.5 Å². The summed E-state index contributed by atoms with van der Waals surface area (Å²) in [6, 6.07) is 4.38. The van der Waals surface area contributed by atoms with E-state index in [4.69, 9.17) is 0 Å². The molecular weight excluding hydrogens is 178 g/mol. The summed E-state index contributed by atoms with van der Waals surface area (Å²) in [6.07, 6.45) is 1.32. The van der Waals surface area contributed by atoms with Gasteiger partial charge in [0.05, 0.1) is 0 Å². The summed E-state index contributed by atoms with van der Waals surface area (Å²) in [5.74, 6) is 0.806. The molecular formula is C8H12ClNS. The third kappa shape index (κ3) is 1.95. The Bertz CT molecular complexity index is 192. The molecule has 0 bridgehead atoms. The summed E-state index contributed by atoms with van der Waals surface area (Å²) < 4.78 is 0. The zero-order valence-corrected chi connectivity index (χ0v) is 7.88. The van der Waals surface area contributed by atoms with Gasteiger partial charge in [0.2, 0.25) is 0 Å². The van der Waals surface area contributed by atoms with Gasteiger partial charge in [0.25, 0.3) is 0 Å². The molecule has 1 N–H and O–H groups in total. The van der Waals surface area contributed by atoms with Crippen molar-refractivity contribution in [1.82, 2.24) is 5.32 Å². The summed E-state index contributed by atoms with van der Waals surface area (Å²) in [7, 11) is 0. The second-order valence-corrected chi connectivity index (χ2v) is 3.68. The van der Waals surface area contributed by atoms with E-state index in [1.165, 1.54) is 19.5 Å². The Hall–Kier alpha value is -0.0500. The van der Waals surface area contributed by atoms with E-state index in [2.05, 4.69) is 22.8 Å². The zero-order valence-electron chi connectivity index (χ0n) is 6.25. The summed E-state index contributed by atoms with van der Waals surface area (Å²) >= 11 is 1.88. The molecule has 0 aliphatic carbocycles. The summed E-state index contributed by atoms with van der Waals surface area (Å²) in [5.41, 5.74) is 0. The highest BCUT2D eigenvalue weighted by atomic mass is 35.5. The van der Waals surface area contributed by atoms with Crippen molar-refractivity contribution in [3.8, 4) is 0 Å². The van der Waals surface area contributed by atoms with Gasteiger partial charge >= 0.3 is 0 Å². The first-order chi connectivity index (χ1) is 4.97. The van der Waals surface area contributed by atoms with Gasteiger partial charge in [-0.1, -0.05) is 6.07 Å². The lowest BCUT2D eigenvalue weighted by Crippen LogP contribution is -2.07. The minimum atomic E-state index is 0. The zero-order chi connectivity index (χ0) is 6.81. The van der Waals surface area contributed by atoms with Crippen LogP contribution in [0.3, 0.4) is 0 Å². The van der Waals surface area contributed by atoms with E-state index >= 15 is 0 Å². The van der Waals surface area contributed by atoms with Gasteiger partial charge in [0.15, 0.2) is 0 Å². The molecule has 1 fully saturated rings. The van der Waals surface area contributed by atoms with Crippen molar-refractivity contribution in [3.63, 3.8) is 0 Å². The monoisotopic (exact) mass is 189 g/mol. The largest absolute Gasteiger partial charge is 0.316 e. The normalized spacial score (nSPS) is 23.1. The van der Waals surface area contributed by atoms with Gasteiger partial charge in [-0.15, -0.1) is 23.7 Å². The Balaban J connectivity index is 0.000000605. The van der Waals surface area contributed by atoms with Crippen molar-refractivity contribution in [2.75, 3.05) is 13.1 Å². The topological polar surface area (TPSA) is 12.0 Å². The number of hydrogen-bond acceptors (Lipinski definition) is 2. The highest BCUT2D eigenvalue weighted by molar-refractivity contribution is 7.10. The minimum absolute atomic E-state index is 0. The first kappa shape index (κ1) is 9.04. The van der Waals surface area contributed by atoms with Gasteiger partial charge < -0.3 is 5.32 Å². The lowest BCUT2D eigenvalue weighted by molar-refractivity contribution is 0.779. The number of rotatable bonds is 1. The maximum Gasteiger partial charge on any atom is 0.00893 e. The molecule has 1 aliphatic rings. The number of hydrogen-bond donors (Lipinski definition) is 1. The van der Waals surface area contributed by atoms with Crippen LogP contribution >= 0.6 is 23.7 Å². The van der Waals surface area contributed by atoms with Gasteiger partial charge in [-0.25, -0.2) is 0 Å². The molecule has 1 saturated heterocycles. The molecule has 1 aliphatic heterocycles. The minimum Gasteiger partial charge on any atom is -0.316 e. The number of halogens is 1. The third-order valence-electron chi connectivity index (χ3n) is 2.01. The maximum absolute atomic E-state index is 3.37. The van der Waals surface area contributed by atoms with Crippen LogP contribution in [-0.4, -0.2) is 13.1 Å². The fraction of sp³-hybridized carbons (Fsp3) is 0.500. The first-order valence-corrected chi connectivity index (χ1v) is 4.59. The van der Waals surface area contributed by atoms with E-state index in [0.29, 0.717) is 0 Å². The van der Waals surface area contributed by atoms with Crippen LogP contribution in [0.25, 0.3) is 0 Å². The van der Waals surface area contributed by atoms with Gasteiger partial charge in [-0.2, -0.15) is 0 Å². The Morgan fingerprint density at radius 2 is 2.45 bits per heavy atom. The fourth-order valence-corrected chi connectivity index (χ4v) is 2.29. The highest BCUT2D eigenvalue weighted by Gasteiger charge is 2.16. The van der Waals surface area contributed by atoms with E-state index in [-0.39, 0.29) is 12.4 Å². The van der Waals surface area contributed by atoms with Crippen molar-refractivity contribution in [1.29, 1.82) is 0 Å². The summed E-state index contributed by atoms with van der Waals surface area (Å²) in [6.45, 7) is 2.38. The molecule has 3 heteroatoms. The Morgan fingerprint density at radius 3 is 3.00 bits per heavy atom. The molecule has 0 amide bonds. The van der Waals surface area contributed by atoms with Crippen LogP contribution in [0.2, 0.25) is 0 Å². The van der Waals surface area contributed by atoms with E-state index in [1.54, 1.807) is 4.88 Å². The maximum atomic E-state index is 3.37. The molecule has 1 nitrogen and oxygen atoms in total. The van der Waals surface area contributed by atoms with Gasteiger partial charge in [-0.3, -0.25) is 0 Å². The summed E-state index contributed by atoms with van der Waals surface area (Å²) in [5, 5.41) is 5.53. The molecule has 2 rings (SSSR count). The van der Waals surface area contributed by atoms with E-state index in [1.807, 2.05) is 11.3 Å². The first-order valence-electron chi connectivity index (χ1n) is 3.71. The Morgan fingerprint density at radius 1 is 1.55 bits per heavy atom. The third-order valence-corrected chi connectivity index (χ3v) is 3.04. The van der Waals surface area contributed by atoms with E-state index in [0.717, 1.165) is 5.92 Å². The van der Waals surface area contributed by atoms with Crippen LogP contribution < -0.4 is 5.32 Å². The average molecular weight is 190 g/mol. The molecule has 0 radical (unpaired) electrons. The second-order valence-electron chi connectivity index (χ2n) is 2.71. The van der Waals surface area contributed by atoms with Crippen molar-refractivity contribution < 1.29 is 0 Å². The fourth-order valence-electron chi connectivity index (χ4n) is 1.42. The van der Waals surface area contributed by atoms with Crippen molar-refractivity contribution >= 4 is 23.7 Å². The predicted molar refractivity (Wildman–Crippen MR) is 51.8 cm³/mol. The van der Waals surface area contributed by atoms with Crippen LogP contribution in [0.5, 0.6) is 0 Å². The molecule has 62 valence electrons. The molecule has 1 atom stereocenters. The second kappa shape index (κ2) is 4.10. The van der Waals surface area contributed by atoms with Crippen molar-refractivity contribution in [3.05, 3.63) is 22.4 Å². The van der Waals surface area contributed by atoms with E-state index < -0.39 is 0 Å². The molecule has 1 aromatic heterocycles. The Labute approximate surface area is 77.2 Å².